The highest BCUT2D eigenvalue weighted by Crippen LogP contribution is 2.27. The number of carbonyl (C=O) groups is 1. The monoisotopic (exact) mass is 333 g/mol. The Morgan fingerprint density at radius 1 is 0.800 bits per heavy atom. The Kier molecular flexibility index (Phi) is 5.57. The summed E-state index contributed by atoms with van der Waals surface area (Å²) in [6.45, 7) is 0.196. The first-order valence-electron chi connectivity index (χ1n) is 8.34. The molecule has 0 atom stereocenters. The van der Waals surface area contributed by atoms with Crippen LogP contribution in [0.2, 0.25) is 0 Å². The highest BCUT2D eigenvalue weighted by molar-refractivity contribution is 5.77. The first kappa shape index (κ1) is 16.9. The van der Waals surface area contributed by atoms with Gasteiger partial charge in [-0.15, -0.1) is 0 Å². The molecule has 3 heteroatoms. The standard InChI is InChI=1S/C22H20FNO/c23-21-14-8-7-13-19(21)16-24-22(25)15-20(17-9-3-1-4-10-17)18-11-5-2-6-12-18/h1-14,20H,15-16H2,(H,24,25). The maximum absolute atomic E-state index is 13.7. The molecule has 25 heavy (non-hydrogen) atoms. The van der Waals surface area contributed by atoms with Crippen LogP contribution in [-0.2, 0) is 11.3 Å². The maximum Gasteiger partial charge on any atom is 0.221 e. The van der Waals surface area contributed by atoms with Crippen molar-refractivity contribution in [2.24, 2.45) is 0 Å². The summed E-state index contributed by atoms with van der Waals surface area (Å²) in [4.78, 5) is 12.5. The van der Waals surface area contributed by atoms with Crippen LogP contribution in [0.4, 0.5) is 4.39 Å². The molecular weight excluding hydrogens is 313 g/mol. The van der Waals surface area contributed by atoms with Gasteiger partial charge in [0, 0.05) is 24.4 Å². The van der Waals surface area contributed by atoms with E-state index >= 15 is 0 Å². The van der Waals surface area contributed by atoms with Crippen LogP contribution in [0.15, 0.2) is 84.9 Å². The molecule has 0 saturated heterocycles. The van der Waals surface area contributed by atoms with Gasteiger partial charge in [0.25, 0.3) is 0 Å². The van der Waals surface area contributed by atoms with Crippen molar-refractivity contribution in [3.8, 4) is 0 Å². The van der Waals surface area contributed by atoms with Crippen LogP contribution in [0.1, 0.15) is 29.0 Å². The summed E-state index contributed by atoms with van der Waals surface area (Å²) < 4.78 is 13.7. The zero-order chi connectivity index (χ0) is 17.5. The maximum atomic E-state index is 13.7. The normalized spacial score (nSPS) is 10.6. The average Bonchev–Trinajstić information content (AvgIpc) is 2.67. The molecule has 1 N–H and O–H groups in total. The second kappa shape index (κ2) is 8.25. The van der Waals surface area contributed by atoms with Gasteiger partial charge in [0.15, 0.2) is 0 Å². The SMILES string of the molecule is O=C(CC(c1ccccc1)c1ccccc1)NCc1ccccc1F. The number of nitrogens with one attached hydrogen (secondary N) is 1. The quantitative estimate of drug-likeness (QED) is 0.698. The van der Waals surface area contributed by atoms with Crippen molar-refractivity contribution < 1.29 is 9.18 Å². The van der Waals surface area contributed by atoms with Crippen LogP contribution in [0, 0.1) is 5.82 Å². The lowest BCUT2D eigenvalue weighted by Gasteiger charge is -2.18. The number of amides is 1. The number of hydrogen-bond donors (Lipinski definition) is 1. The molecule has 3 rings (SSSR count). The predicted octanol–water partition coefficient (Wildman–Crippen LogP) is 4.66. The van der Waals surface area contributed by atoms with Gasteiger partial charge >= 0.3 is 0 Å². The topological polar surface area (TPSA) is 29.1 Å². The van der Waals surface area contributed by atoms with Gasteiger partial charge < -0.3 is 5.32 Å². The first-order chi connectivity index (χ1) is 12.2. The fourth-order valence-electron chi connectivity index (χ4n) is 2.89. The van der Waals surface area contributed by atoms with Crippen LogP contribution in [-0.4, -0.2) is 5.91 Å². The molecule has 0 aliphatic heterocycles. The molecule has 0 aliphatic rings. The molecule has 2 nitrogen and oxygen atoms in total. The summed E-state index contributed by atoms with van der Waals surface area (Å²) in [7, 11) is 0. The van der Waals surface area contributed by atoms with Crippen molar-refractivity contribution in [2.45, 2.75) is 18.9 Å². The average molecular weight is 333 g/mol. The van der Waals surface area contributed by atoms with E-state index in [1.807, 2.05) is 60.7 Å². The highest BCUT2D eigenvalue weighted by Gasteiger charge is 2.18. The van der Waals surface area contributed by atoms with Crippen LogP contribution >= 0.6 is 0 Å². The lowest BCUT2D eigenvalue weighted by atomic mass is 9.88. The number of carbonyl (C=O) groups excluding carboxylic acids is 1. The third-order valence-corrected chi connectivity index (χ3v) is 4.23. The molecule has 0 aliphatic carbocycles. The summed E-state index contributed by atoms with van der Waals surface area (Å²) in [6.07, 6.45) is 0.322. The van der Waals surface area contributed by atoms with E-state index in [0.29, 0.717) is 12.0 Å². The Labute approximate surface area is 147 Å². The molecule has 0 radical (unpaired) electrons. The van der Waals surface area contributed by atoms with Gasteiger partial charge in [-0.05, 0) is 17.2 Å². The molecule has 0 spiro atoms. The number of rotatable bonds is 6. The Morgan fingerprint density at radius 3 is 1.88 bits per heavy atom. The van der Waals surface area contributed by atoms with Crippen LogP contribution < -0.4 is 5.32 Å². The summed E-state index contributed by atoms with van der Waals surface area (Å²) >= 11 is 0. The molecular formula is C22H20FNO. The van der Waals surface area contributed by atoms with Crippen molar-refractivity contribution in [1.29, 1.82) is 0 Å². The minimum absolute atomic E-state index is 0.0250. The van der Waals surface area contributed by atoms with E-state index in [9.17, 15) is 9.18 Å². The molecule has 3 aromatic rings. The molecule has 1 amide bonds. The lowest BCUT2D eigenvalue weighted by Crippen LogP contribution is -2.25. The summed E-state index contributed by atoms with van der Waals surface area (Å²) in [6, 6.07) is 26.4. The summed E-state index contributed by atoms with van der Waals surface area (Å²) in [5.74, 6) is -0.422. The van der Waals surface area contributed by atoms with Gasteiger partial charge in [0.05, 0.1) is 0 Å². The van der Waals surface area contributed by atoms with E-state index in [0.717, 1.165) is 11.1 Å². The van der Waals surface area contributed by atoms with E-state index in [-0.39, 0.29) is 24.2 Å². The third-order valence-electron chi connectivity index (χ3n) is 4.23. The highest BCUT2D eigenvalue weighted by atomic mass is 19.1. The molecule has 126 valence electrons. The van der Waals surface area contributed by atoms with Gasteiger partial charge in [0.1, 0.15) is 5.82 Å². The molecule has 0 aromatic heterocycles. The molecule has 0 saturated carbocycles. The van der Waals surface area contributed by atoms with Gasteiger partial charge in [0.2, 0.25) is 5.91 Å². The van der Waals surface area contributed by atoms with Crippen molar-refractivity contribution in [2.75, 3.05) is 0 Å². The number of benzene rings is 3. The van der Waals surface area contributed by atoms with E-state index in [1.54, 1.807) is 18.2 Å². The Balaban J connectivity index is 1.72. The summed E-state index contributed by atoms with van der Waals surface area (Å²) in [5, 5.41) is 2.83. The van der Waals surface area contributed by atoms with Crippen molar-refractivity contribution >= 4 is 5.91 Å². The van der Waals surface area contributed by atoms with Crippen LogP contribution in [0.3, 0.4) is 0 Å². The zero-order valence-electron chi connectivity index (χ0n) is 13.9. The van der Waals surface area contributed by atoms with E-state index < -0.39 is 0 Å². The molecule has 0 fully saturated rings. The van der Waals surface area contributed by atoms with Crippen molar-refractivity contribution in [1.82, 2.24) is 5.32 Å². The van der Waals surface area contributed by atoms with Gasteiger partial charge in [-0.25, -0.2) is 4.39 Å². The number of hydrogen-bond acceptors (Lipinski definition) is 1. The largest absolute Gasteiger partial charge is 0.352 e. The fourth-order valence-corrected chi connectivity index (χ4v) is 2.89. The molecule has 0 heterocycles. The second-order valence-electron chi connectivity index (χ2n) is 5.95. The zero-order valence-corrected chi connectivity index (χ0v) is 13.9. The molecule has 0 bridgehead atoms. The van der Waals surface area contributed by atoms with E-state index in [1.165, 1.54) is 6.07 Å². The van der Waals surface area contributed by atoms with Gasteiger partial charge in [-0.3, -0.25) is 4.79 Å². The number of halogens is 1. The first-order valence-corrected chi connectivity index (χ1v) is 8.34. The van der Waals surface area contributed by atoms with Crippen LogP contribution in [0.25, 0.3) is 0 Å². The minimum atomic E-state index is -0.300. The fraction of sp³-hybridized carbons (Fsp3) is 0.136. The summed E-state index contributed by atoms with van der Waals surface area (Å²) in [5.41, 5.74) is 2.68. The smallest absolute Gasteiger partial charge is 0.221 e. The van der Waals surface area contributed by atoms with E-state index in [2.05, 4.69) is 5.32 Å². The third kappa shape index (κ3) is 4.54. The van der Waals surface area contributed by atoms with Gasteiger partial charge in [-0.1, -0.05) is 78.9 Å². The Morgan fingerprint density at radius 2 is 1.32 bits per heavy atom. The van der Waals surface area contributed by atoms with Gasteiger partial charge in [-0.2, -0.15) is 0 Å². The van der Waals surface area contributed by atoms with Crippen molar-refractivity contribution in [3.63, 3.8) is 0 Å². The molecule has 3 aromatic carbocycles. The molecule has 0 unspecified atom stereocenters. The minimum Gasteiger partial charge on any atom is -0.352 e. The van der Waals surface area contributed by atoms with Crippen molar-refractivity contribution in [3.05, 3.63) is 107 Å². The second-order valence-corrected chi connectivity index (χ2v) is 5.95. The predicted molar refractivity (Wildman–Crippen MR) is 97.6 cm³/mol. The van der Waals surface area contributed by atoms with E-state index in [4.69, 9.17) is 0 Å². The lowest BCUT2D eigenvalue weighted by molar-refractivity contribution is -0.121. The van der Waals surface area contributed by atoms with Crippen LogP contribution in [0.5, 0.6) is 0 Å². The Hall–Kier alpha value is -2.94. The Bertz CT molecular complexity index is 778.